The molecule has 1 fully saturated rings. The van der Waals surface area contributed by atoms with Gasteiger partial charge in [-0.25, -0.2) is 0 Å². The number of hydrogen-bond donors (Lipinski definition) is 4. The molecule has 0 saturated carbocycles. The molecule has 1 aromatic carbocycles. The third-order valence-electron chi connectivity index (χ3n) is 3.67. The maximum absolute atomic E-state index is 10.1. The van der Waals surface area contributed by atoms with Crippen LogP contribution in [0.3, 0.4) is 0 Å². The maximum Gasteiger partial charge on any atom is 0.162 e. The van der Waals surface area contributed by atoms with Crippen molar-refractivity contribution in [3.05, 3.63) is 35.9 Å². The van der Waals surface area contributed by atoms with Crippen LogP contribution in [0.1, 0.15) is 5.56 Å². The van der Waals surface area contributed by atoms with E-state index in [2.05, 4.69) is 0 Å². The van der Waals surface area contributed by atoms with Gasteiger partial charge in [0.2, 0.25) is 0 Å². The molecule has 1 heterocycles. The second-order valence-electron chi connectivity index (χ2n) is 5.31. The minimum absolute atomic E-state index is 0.227. The van der Waals surface area contributed by atoms with Gasteiger partial charge >= 0.3 is 0 Å². The summed E-state index contributed by atoms with van der Waals surface area (Å²) in [6.07, 6.45) is -6.01. The molecule has 0 unspecified atom stereocenters. The highest BCUT2D eigenvalue weighted by Gasteiger charge is 2.48. The zero-order valence-corrected chi connectivity index (χ0v) is 13.3. The highest BCUT2D eigenvalue weighted by atomic mass is 35.5. The molecule has 1 aliphatic heterocycles. The van der Waals surface area contributed by atoms with Crippen molar-refractivity contribution in [2.75, 3.05) is 19.0 Å². The summed E-state index contributed by atoms with van der Waals surface area (Å²) in [6, 6.07) is 9.42. The lowest BCUT2D eigenvalue weighted by atomic mass is 10.1. The summed E-state index contributed by atoms with van der Waals surface area (Å²) in [5.74, 6) is 0.227. The number of hydroxylamine groups is 2. The first-order chi connectivity index (χ1) is 11.1. The summed E-state index contributed by atoms with van der Waals surface area (Å²) >= 11 is 5.76. The summed E-state index contributed by atoms with van der Waals surface area (Å²) in [6.45, 7) is -0.0834. The molecule has 0 aliphatic carbocycles. The van der Waals surface area contributed by atoms with Crippen molar-refractivity contribution in [1.29, 1.82) is 0 Å². The summed E-state index contributed by atoms with van der Waals surface area (Å²) in [5, 5.41) is 40.1. The molecule has 0 radical (unpaired) electrons. The summed E-state index contributed by atoms with van der Waals surface area (Å²) in [4.78, 5) is 5.64. The lowest BCUT2D eigenvalue weighted by molar-refractivity contribution is -0.271. The predicted octanol–water partition coefficient (Wildman–Crippen LogP) is -0.541. The van der Waals surface area contributed by atoms with Gasteiger partial charge in [0, 0.05) is 12.4 Å². The van der Waals surface area contributed by atoms with Gasteiger partial charge in [-0.15, -0.1) is 11.6 Å². The summed E-state index contributed by atoms with van der Waals surface area (Å²) in [7, 11) is 0. The molecule has 0 spiro atoms. The standard InChI is InChI=1S/C15H22ClNO6/c16-6-7-17(22-9-10-4-2-1-3-5-10)15-13(21)12(20)14(23-15)11(19)8-18/h1-5,11-15,18-21H,6-9H2/t11-,12-,13+,14-,15+/m1/s1. The molecule has 1 aliphatic rings. The van der Waals surface area contributed by atoms with E-state index in [1.54, 1.807) is 0 Å². The molecule has 2 rings (SSSR count). The number of aliphatic hydroxyl groups excluding tert-OH is 4. The largest absolute Gasteiger partial charge is 0.394 e. The van der Waals surface area contributed by atoms with Crippen LogP contribution in [-0.2, 0) is 16.2 Å². The van der Waals surface area contributed by atoms with Crippen LogP contribution in [0, 0.1) is 0 Å². The van der Waals surface area contributed by atoms with Crippen molar-refractivity contribution in [1.82, 2.24) is 5.06 Å². The maximum atomic E-state index is 10.1. The molecule has 5 atom stereocenters. The van der Waals surface area contributed by atoms with Gasteiger partial charge in [-0.3, -0.25) is 4.84 Å². The van der Waals surface area contributed by atoms with Gasteiger partial charge in [-0.05, 0) is 5.56 Å². The quantitative estimate of drug-likeness (QED) is 0.370. The Kier molecular flexibility index (Phi) is 7.19. The number of ether oxygens (including phenoxy) is 1. The van der Waals surface area contributed by atoms with Crippen molar-refractivity contribution in [3.8, 4) is 0 Å². The van der Waals surface area contributed by atoms with Crippen molar-refractivity contribution in [2.45, 2.75) is 37.3 Å². The average molecular weight is 348 g/mol. The first kappa shape index (κ1) is 18.6. The number of rotatable bonds is 8. The van der Waals surface area contributed by atoms with Crippen molar-refractivity contribution in [3.63, 3.8) is 0 Å². The summed E-state index contributed by atoms with van der Waals surface area (Å²) < 4.78 is 5.47. The fraction of sp³-hybridized carbons (Fsp3) is 0.600. The Labute approximate surface area is 139 Å². The topological polar surface area (TPSA) is 103 Å². The molecular weight excluding hydrogens is 326 g/mol. The lowest BCUT2D eigenvalue weighted by Gasteiger charge is -2.29. The normalized spacial score (nSPS) is 29.1. The van der Waals surface area contributed by atoms with Crippen LogP contribution in [0.15, 0.2) is 30.3 Å². The van der Waals surface area contributed by atoms with Gasteiger partial charge < -0.3 is 25.2 Å². The molecule has 1 aromatic rings. The zero-order chi connectivity index (χ0) is 16.8. The highest BCUT2D eigenvalue weighted by molar-refractivity contribution is 6.18. The smallest absolute Gasteiger partial charge is 0.162 e. The van der Waals surface area contributed by atoms with Crippen molar-refractivity contribution in [2.24, 2.45) is 0 Å². The average Bonchev–Trinajstić information content (AvgIpc) is 2.87. The Bertz CT molecular complexity index is 465. The molecule has 23 heavy (non-hydrogen) atoms. The van der Waals surface area contributed by atoms with E-state index in [-0.39, 0.29) is 19.0 Å². The number of nitrogens with zero attached hydrogens (tertiary/aromatic N) is 1. The van der Waals surface area contributed by atoms with E-state index in [9.17, 15) is 15.3 Å². The van der Waals surface area contributed by atoms with Crippen LogP contribution >= 0.6 is 11.6 Å². The third-order valence-corrected chi connectivity index (χ3v) is 3.84. The van der Waals surface area contributed by atoms with Crippen LogP contribution in [-0.4, -0.2) is 75.2 Å². The van der Waals surface area contributed by atoms with E-state index in [1.807, 2.05) is 30.3 Å². The zero-order valence-electron chi connectivity index (χ0n) is 12.5. The molecule has 8 heteroatoms. The van der Waals surface area contributed by atoms with Gasteiger partial charge in [0.25, 0.3) is 0 Å². The van der Waals surface area contributed by atoms with E-state index < -0.39 is 37.3 Å². The minimum atomic E-state index is -1.33. The number of hydrogen-bond acceptors (Lipinski definition) is 7. The second-order valence-corrected chi connectivity index (χ2v) is 5.69. The van der Waals surface area contributed by atoms with Gasteiger partial charge in [0.05, 0.1) is 13.2 Å². The van der Waals surface area contributed by atoms with E-state index >= 15 is 0 Å². The van der Waals surface area contributed by atoms with Gasteiger partial charge in [0.15, 0.2) is 6.23 Å². The van der Waals surface area contributed by atoms with Crippen LogP contribution < -0.4 is 0 Å². The Balaban J connectivity index is 2.02. The number of halogens is 1. The van der Waals surface area contributed by atoms with Crippen molar-refractivity contribution >= 4 is 11.6 Å². The van der Waals surface area contributed by atoms with E-state index in [1.165, 1.54) is 5.06 Å². The molecule has 0 amide bonds. The molecule has 4 N–H and O–H groups in total. The monoisotopic (exact) mass is 347 g/mol. The summed E-state index contributed by atoms with van der Waals surface area (Å²) in [5.41, 5.74) is 0.923. The van der Waals surface area contributed by atoms with E-state index in [0.29, 0.717) is 0 Å². The Hall–Kier alpha value is -0.770. The van der Waals surface area contributed by atoms with Gasteiger partial charge in [0.1, 0.15) is 24.4 Å². The molecule has 0 bridgehead atoms. The first-order valence-electron chi connectivity index (χ1n) is 7.38. The van der Waals surface area contributed by atoms with Crippen molar-refractivity contribution < 1.29 is 30.0 Å². The van der Waals surface area contributed by atoms with Gasteiger partial charge in [-0.1, -0.05) is 30.3 Å². The first-order valence-corrected chi connectivity index (χ1v) is 7.92. The fourth-order valence-corrected chi connectivity index (χ4v) is 2.59. The Morgan fingerprint density at radius 2 is 1.91 bits per heavy atom. The fourth-order valence-electron chi connectivity index (χ4n) is 2.43. The van der Waals surface area contributed by atoms with Gasteiger partial charge in [-0.2, -0.15) is 5.06 Å². The SMILES string of the molecule is OC[C@@H](O)[C@H]1O[C@H](N(CCCl)OCc2ccccc2)[C@@H](O)[C@H]1O. The van der Waals surface area contributed by atoms with Crippen LogP contribution in [0.4, 0.5) is 0 Å². The third kappa shape index (κ3) is 4.62. The molecular formula is C15H22ClNO6. The van der Waals surface area contributed by atoms with Crippen LogP contribution in [0.5, 0.6) is 0 Å². The Morgan fingerprint density at radius 3 is 2.52 bits per heavy atom. The highest BCUT2D eigenvalue weighted by Crippen LogP contribution is 2.27. The number of alkyl halides is 1. The second kappa shape index (κ2) is 8.91. The molecule has 1 saturated heterocycles. The molecule has 0 aromatic heterocycles. The van der Waals surface area contributed by atoms with Crippen LogP contribution in [0.2, 0.25) is 0 Å². The Morgan fingerprint density at radius 1 is 1.22 bits per heavy atom. The number of aliphatic hydroxyl groups is 4. The van der Waals surface area contributed by atoms with Crippen LogP contribution in [0.25, 0.3) is 0 Å². The van der Waals surface area contributed by atoms with E-state index in [0.717, 1.165) is 5.56 Å². The number of benzene rings is 1. The minimum Gasteiger partial charge on any atom is -0.394 e. The molecule has 130 valence electrons. The predicted molar refractivity (Wildman–Crippen MR) is 82.4 cm³/mol. The molecule has 7 nitrogen and oxygen atoms in total. The van der Waals surface area contributed by atoms with E-state index in [4.69, 9.17) is 26.3 Å². The lowest BCUT2D eigenvalue weighted by Crippen LogP contribution is -2.45.